The number of carboxylic acids is 1. The number of fused-ring (bicyclic) bond motifs is 1. The molecule has 1 aliphatic rings. The Bertz CT molecular complexity index is 444. The second-order valence-electron chi connectivity index (χ2n) is 4.07. The number of ether oxygens (including phenoxy) is 2. The van der Waals surface area contributed by atoms with Crippen LogP contribution in [0.5, 0.6) is 11.5 Å². The lowest BCUT2D eigenvalue weighted by atomic mass is 10.0. The second kappa shape index (κ2) is 4.63. The molecule has 1 atom stereocenters. The summed E-state index contributed by atoms with van der Waals surface area (Å²) in [6, 6.07) is 3.08. The molecule has 92 valence electrons. The molecule has 1 heterocycles. The van der Waals surface area contributed by atoms with Gasteiger partial charge in [0.15, 0.2) is 11.5 Å². The summed E-state index contributed by atoms with van der Waals surface area (Å²) in [5.74, 6) is 0.458. The SMILES string of the molecule is Cc1cc(C(N)CC(=O)O)cc2c1OCCO2. The van der Waals surface area contributed by atoms with Crippen molar-refractivity contribution < 1.29 is 19.4 Å². The Labute approximate surface area is 99.1 Å². The Balaban J connectivity index is 2.30. The first-order chi connectivity index (χ1) is 8.08. The number of hydrogen-bond donors (Lipinski definition) is 2. The smallest absolute Gasteiger partial charge is 0.305 e. The van der Waals surface area contributed by atoms with Crippen molar-refractivity contribution in [3.05, 3.63) is 23.3 Å². The van der Waals surface area contributed by atoms with Gasteiger partial charge in [0.05, 0.1) is 6.42 Å². The molecule has 5 heteroatoms. The largest absolute Gasteiger partial charge is 0.486 e. The van der Waals surface area contributed by atoms with Crippen LogP contribution in [-0.2, 0) is 4.79 Å². The van der Waals surface area contributed by atoms with Crippen LogP contribution in [0.25, 0.3) is 0 Å². The zero-order chi connectivity index (χ0) is 12.4. The lowest BCUT2D eigenvalue weighted by Crippen LogP contribution is -2.19. The van der Waals surface area contributed by atoms with E-state index in [4.69, 9.17) is 20.3 Å². The van der Waals surface area contributed by atoms with Gasteiger partial charge in [0, 0.05) is 6.04 Å². The van der Waals surface area contributed by atoms with E-state index in [1.165, 1.54) is 0 Å². The molecule has 5 nitrogen and oxygen atoms in total. The molecule has 2 rings (SSSR count). The zero-order valence-corrected chi connectivity index (χ0v) is 9.60. The van der Waals surface area contributed by atoms with Gasteiger partial charge in [0.2, 0.25) is 0 Å². The topological polar surface area (TPSA) is 81.8 Å². The van der Waals surface area contributed by atoms with Gasteiger partial charge in [-0.15, -0.1) is 0 Å². The number of hydrogen-bond acceptors (Lipinski definition) is 4. The molecule has 0 fully saturated rings. The Morgan fingerprint density at radius 3 is 2.88 bits per heavy atom. The first-order valence-electron chi connectivity index (χ1n) is 5.45. The van der Waals surface area contributed by atoms with Gasteiger partial charge in [-0.3, -0.25) is 4.79 Å². The molecule has 0 amide bonds. The number of rotatable bonds is 3. The molecule has 3 N–H and O–H groups in total. The highest BCUT2D eigenvalue weighted by molar-refractivity contribution is 5.68. The summed E-state index contributed by atoms with van der Waals surface area (Å²) in [5, 5.41) is 8.72. The average Bonchev–Trinajstić information content (AvgIpc) is 2.28. The molecule has 1 unspecified atom stereocenters. The Hall–Kier alpha value is -1.75. The van der Waals surface area contributed by atoms with Crippen molar-refractivity contribution >= 4 is 5.97 Å². The summed E-state index contributed by atoms with van der Waals surface area (Å²) in [7, 11) is 0. The van der Waals surface area contributed by atoms with Crippen molar-refractivity contribution in [1.82, 2.24) is 0 Å². The standard InChI is InChI=1S/C12H15NO4/c1-7-4-8(9(13)6-11(14)15)5-10-12(7)17-3-2-16-10/h4-5,9H,2-3,6,13H2,1H3,(H,14,15). The summed E-state index contributed by atoms with van der Waals surface area (Å²) >= 11 is 0. The fourth-order valence-electron chi connectivity index (χ4n) is 1.88. The lowest BCUT2D eigenvalue weighted by molar-refractivity contribution is -0.137. The Morgan fingerprint density at radius 2 is 2.18 bits per heavy atom. The van der Waals surface area contributed by atoms with Crippen LogP contribution in [0.1, 0.15) is 23.6 Å². The third-order valence-electron chi connectivity index (χ3n) is 2.67. The quantitative estimate of drug-likeness (QED) is 0.826. The van der Waals surface area contributed by atoms with Crippen LogP contribution in [-0.4, -0.2) is 24.3 Å². The van der Waals surface area contributed by atoms with Gasteiger partial charge in [-0.2, -0.15) is 0 Å². The van der Waals surface area contributed by atoms with E-state index in [1.807, 2.05) is 13.0 Å². The summed E-state index contributed by atoms with van der Waals surface area (Å²) in [4.78, 5) is 10.6. The highest BCUT2D eigenvalue weighted by atomic mass is 16.6. The molecule has 0 radical (unpaired) electrons. The molecule has 0 saturated carbocycles. The van der Waals surface area contributed by atoms with Crippen molar-refractivity contribution in [1.29, 1.82) is 0 Å². The number of carbonyl (C=O) groups is 1. The fraction of sp³-hybridized carbons (Fsp3) is 0.417. The molecule has 1 aromatic carbocycles. The molecular weight excluding hydrogens is 222 g/mol. The summed E-state index contributed by atoms with van der Waals surface area (Å²) < 4.78 is 11.0. The monoisotopic (exact) mass is 237 g/mol. The van der Waals surface area contributed by atoms with Crippen molar-refractivity contribution in [3.63, 3.8) is 0 Å². The number of aryl methyl sites for hydroxylation is 1. The molecule has 1 aliphatic heterocycles. The third kappa shape index (κ3) is 2.50. The van der Waals surface area contributed by atoms with E-state index in [0.717, 1.165) is 16.9 Å². The number of carboxylic acid groups (broad SMARTS) is 1. The maximum absolute atomic E-state index is 10.6. The van der Waals surface area contributed by atoms with Crippen LogP contribution in [0.3, 0.4) is 0 Å². The minimum Gasteiger partial charge on any atom is -0.486 e. The van der Waals surface area contributed by atoms with Gasteiger partial charge in [0.1, 0.15) is 13.2 Å². The normalized spacial score (nSPS) is 15.4. The molecule has 1 aromatic rings. The van der Waals surface area contributed by atoms with Gasteiger partial charge in [-0.25, -0.2) is 0 Å². The van der Waals surface area contributed by atoms with Gasteiger partial charge < -0.3 is 20.3 Å². The molecule has 0 aromatic heterocycles. The van der Waals surface area contributed by atoms with Crippen LogP contribution in [0, 0.1) is 6.92 Å². The van der Waals surface area contributed by atoms with E-state index in [-0.39, 0.29) is 6.42 Å². The minimum atomic E-state index is -0.912. The molecule has 0 saturated heterocycles. The average molecular weight is 237 g/mol. The first kappa shape index (κ1) is 11.7. The van der Waals surface area contributed by atoms with Crippen molar-refractivity contribution in [3.8, 4) is 11.5 Å². The fourth-order valence-corrected chi connectivity index (χ4v) is 1.88. The predicted molar refractivity (Wildman–Crippen MR) is 61.4 cm³/mol. The number of benzene rings is 1. The summed E-state index contributed by atoms with van der Waals surface area (Å²) in [5.41, 5.74) is 7.49. The van der Waals surface area contributed by atoms with Crippen LogP contribution in [0.2, 0.25) is 0 Å². The Kier molecular flexibility index (Phi) is 3.19. The maximum atomic E-state index is 10.6. The summed E-state index contributed by atoms with van der Waals surface area (Å²) in [6.07, 6.45) is -0.0981. The van der Waals surface area contributed by atoms with E-state index in [9.17, 15) is 4.79 Å². The van der Waals surface area contributed by atoms with Crippen molar-refractivity contribution in [2.24, 2.45) is 5.73 Å². The molecule has 17 heavy (non-hydrogen) atoms. The first-order valence-corrected chi connectivity index (χ1v) is 5.45. The lowest BCUT2D eigenvalue weighted by Gasteiger charge is -2.22. The summed E-state index contributed by atoms with van der Waals surface area (Å²) in [6.45, 7) is 2.93. The van der Waals surface area contributed by atoms with E-state index in [1.54, 1.807) is 6.07 Å². The van der Waals surface area contributed by atoms with Gasteiger partial charge >= 0.3 is 5.97 Å². The van der Waals surface area contributed by atoms with E-state index < -0.39 is 12.0 Å². The van der Waals surface area contributed by atoms with Crippen LogP contribution < -0.4 is 15.2 Å². The highest BCUT2D eigenvalue weighted by Gasteiger charge is 2.18. The molecular formula is C12H15NO4. The van der Waals surface area contributed by atoms with E-state index in [2.05, 4.69) is 0 Å². The minimum absolute atomic E-state index is 0.0981. The van der Waals surface area contributed by atoms with Crippen LogP contribution in [0.15, 0.2) is 12.1 Å². The number of nitrogens with two attached hydrogens (primary N) is 1. The van der Waals surface area contributed by atoms with E-state index >= 15 is 0 Å². The molecule has 0 spiro atoms. The molecule has 0 bridgehead atoms. The van der Waals surface area contributed by atoms with Crippen LogP contribution in [0.4, 0.5) is 0 Å². The number of aliphatic carboxylic acids is 1. The zero-order valence-electron chi connectivity index (χ0n) is 9.60. The predicted octanol–water partition coefficient (Wildman–Crippen LogP) is 1.24. The van der Waals surface area contributed by atoms with Gasteiger partial charge in [0.25, 0.3) is 0 Å². The van der Waals surface area contributed by atoms with Crippen molar-refractivity contribution in [2.45, 2.75) is 19.4 Å². The maximum Gasteiger partial charge on any atom is 0.305 e. The van der Waals surface area contributed by atoms with Gasteiger partial charge in [-0.1, -0.05) is 6.07 Å². The molecule has 0 aliphatic carbocycles. The highest BCUT2D eigenvalue weighted by Crippen LogP contribution is 2.36. The van der Waals surface area contributed by atoms with Crippen LogP contribution >= 0.6 is 0 Å². The van der Waals surface area contributed by atoms with E-state index in [0.29, 0.717) is 19.0 Å². The van der Waals surface area contributed by atoms with Gasteiger partial charge in [-0.05, 0) is 24.1 Å². The Morgan fingerprint density at radius 1 is 1.47 bits per heavy atom. The van der Waals surface area contributed by atoms with Crippen molar-refractivity contribution in [2.75, 3.05) is 13.2 Å². The third-order valence-corrected chi connectivity index (χ3v) is 2.67. The second-order valence-corrected chi connectivity index (χ2v) is 4.07.